The van der Waals surface area contributed by atoms with Gasteiger partial charge >= 0.3 is 0 Å². The maximum Gasteiger partial charge on any atom is 0.282 e. The Kier molecular flexibility index (Phi) is 10.9. The molecule has 0 aliphatic carbocycles. The van der Waals surface area contributed by atoms with Crippen LogP contribution in [0.2, 0.25) is 0 Å². The van der Waals surface area contributed by atoms with Crippen molar-refractivity contribution in [2.75, 3.05) is 26.4 Å². The molecule has 0 aromatic carbocycles. The fourth-order valence-corrected chi connectivity index (χ4v) is 1.41. The molecule has 0 aliphatic heterocycles. The first-order valence-electron chi connectivity index (χ1n) is 6.77. The molecule has 0 amide bonds. The van der Waals surface area contributed by atoms with Crippen LogP contribution in [0.3, 0.4) is 0 Å². The SMILES string of the molecule is CCCOC(CCCO)(OCCC)OCCC. The zero-order valence-corrected chi connectivity index (χ0v) is 11.5. The lowest BCUT2D eigenvalue weighted by Crippen LogP contribution is -2.40. The molecule has 0 aromatic rings. The first-order chi connectivity index (χ1) is 8.24. The molecule has 17 heavy (non-hydrogen) atoms. The zero-order valence-electron chi connectivity index (χ0n) is 11.5. The second-order valence-corrected chi connectivity index (χ2v) is 4.06. The van der Waals surface area contributed by atoms with E-state index in [-0.39, 0.29) is 6.61 Å². The number of rotatable bonds is 12. The van der Waals surface area contributed by atoms with Crippen LogP contribution < -0.4 is 0 Å². The predicted molar refractivity (Wildman–Crippen MR) is 67.8 cm³/mol. The normalized spacial score (nSPS) is 12.0. The minimum atomic E-state index is -0.954. The summed E-state index contributed by atoms with van der Waals surface area (Å²) in [7, 11) is 0. The molecule has 4 nitrogen and oxygen atoms in total. The van der Waals surface area contributed by atoms with Crippen molar-refractivity contribution < 1.29 is 19.3 Å². The lowest BCUT2D eigenvalue weighted by molar-refractivity contribution is -0.384. The molecule has 0 saturated heterocycles. The highest BCUT2D eigenvalue weighted by molar-refractivity contribution is 4.59. The van der Waals surface area contributed by atoms with Crippen molar-refractivity contribution >= 4 is 0 Å². The van der Waals surface area contributed by atoms with Crippen molar-refractivity contribution in [3.63, 3.8) is 0 Å². The molecule has 0 bridgehead atoms. The van der Waals surface area contributed by atoms with E-state index in [1.54, 1.807) is 0 Å². The van der Waals surface area contributed by atoms with Crippen LogP contribution in [-0.4, -0.2) is 37.5 Å². The van der Waals surface area contributed by atoms with E-state index in [0.29, 0.717) is 32.7 Å². The van der Waals surface area contributed by atoms with Gasteiger partial charge in [0.2, 0.25) is 0 Å². The Bertz CT molecular complexity index is 124. The Morgan fingerprint density at radius 3 is 1.53 bits per heavy atom. The number of aliphatic hydroxyl groups excluding tert-OH is 1. The molecule has 4 heteroatoms. The fourth-order valence-electron chi connectivity index (χ4n) is 1.41. The molecule has 0 fully saturated rings. The summed E-state index contributed by atoms with van der Waals surface area (Å²) in [6.45, 7) is 8.11. The smallest absolute Gasteiger partial charge is 0.282 e. The van der Waals surface area contributed by atoms with E-state index >= 15 is 0 Å². The molecule has 0 aromatic heterocycles. The molecular formula is C13H28O4. The third-order valence-electron chi connectivity index (χ3n) is 2.22. The predicted octanol–water partition coefficient (Wildman–Crippen LogP) is 2.69. The number of ether oxygens (including phenoxy) is 3. The standard InChI is InChI=1S/C13H28O4/c1-4-10-15-13(8-7-9-14,16-11-5-2)17-12-6-3/h14H,4-12H2,1-3H3. The van der Waals surface area contributed by atoms with Gasteiger partial charge in [0.15, 0.2) is 0 Å². The molecule has 0 saturated carbocycles. The van der Waals surface area contributed by atoms with Gasteiger partial charge in [-0.2, -0.15) is 0 Å². The first-order valence-corrected chi connectivity index (χ1v) is 6.77. The van der Waals surface area contributed by atoms with Crippen LogP contribution in [0.25, 0.3) is 0 Å². The van der Waals surface area contributed by atoms with E-state index in [0.717, 1.165) is 19.3 Å². The summed E-state index contributed by atoms with van der Waals surface area (Å²) in [5.41, 5.74) is 0. The first kappa shape index (κ1) is 16.8. The largest absolute Gasteiger partial charge is 0.396 e. The average Bonchev–Trinajstić information content (AvgIpc) is 2.37. The van der Waals surface area contributed by atoms with Gasteiger partial charge in [-0.1, -0.05) is 20.8 Å². The van der Waals surface area contributed by atoms with Gasteiger partial charge in [0.05, 0.1) is 19.8 Å². The summed E-state index contributed by atoms with van der Waals surface area (Å²) in [4.78, 5) is 0. The molecule has 104 valence electrons. The van der Waals surface area contributed by atoms with Crippen molar-refractivity contribution in [1.82, 2.24) is 0 Å². The Morgan fingerprint density at radius 2 is 1.24 bits per heavy atom. The molecule has 0 aliphatic rings. The quantitative estimate of drug-likeness (QED) is 0.539. The van der Waals surface area contributed by atoms with Crippen molar-refractivity contribution in [1.29, 1.82) is 0 Å². The van der Waals surface area contributed by atoms with Crippen LogP contribution in [0.1, 0.15) is 52.9 Å². The summed E-state index contributed by atoms with van der Waals surface area (Å²) in [6.07, 6.45) is 3.96. The topological polar surface area (TPSA) is 47.9 Å². The number of hydrogen-bond donors (Lipinski definition) is 1. The maximum absolute atomic E-state index is 8.94. The second kappa shape index (κ2) is 11.0. The van der Waals surface area contributed by atoms with Gasteiger partial charge in [-0.05, 0) is 25.7 Å². The van der Waals surface area contributed by atoms with Crippen molar-refractivity contribution in [2.24, 2.45) is 0 Å². The van der Waals surface area contributed by atoms with Gasteiger partial charge in [-0.3, -0.25) is 0 Å². The molecule has 0 radical (unpaired) electrons. The highest BCUT2D eigenvalue weighted by atomic mass is 16.9. The van der Waals surface area contributed by atoms with Crippen LogP contribution in [0, 0.1) is 0 Å². The van der Waals surface area contributed by atoms with Crippen LogP contribution in [0.4, 0.5) is 0 Å². The minimum Gasteiger partial charge on any atom is -0.396 e. The summed E-state index contributed by atoms with van der Waals surface area (Å²) in [5, 5.41) is 8.94. The van der Waals surface area contributed by atoms with E-state index in [9.17, 15) is 0 Å². The molecular weight excluding hydrogens is 220 g/mol. The van der Waals surface area contributed by atoms with E-state index in [2.05, 4.69) is 20.8 Å². The highest BCUT2D eigenvalue weighted by Gasteiger charge is 2.32. The minimum absolute atomic E-state index is 0.127. The third-order valence-corrected chi connectivity index (χ3v) is 2.22. The van der Waals surface area contributed by atoms with E-state index in [1.165, 1.54) is 0 Å². The monoisotopic (exact) mass is 248 g/mol. The van der Waals surface area contributed by atoms with Crippen LogP contribution >= 0.6 is 0 Å². The maximum atomic E-state index is 8.94. The van der Waals surface area contributed by atoms with Crippen LogP contribution in [0.15, 0.2) is 0 Å². The van der Waals surface area contributed by atoms with Gasteiger partial charge in [-0.25, -0.2) is 0 Å². The summed E-state index contributed by atoms with van der Waals surface area (Å²) in [5.74, 6) is -0.954. The van der Waals surface area contributed by atoms with E-state index in [4.69, 9.17) is 19.3 Å². The third kappa shape index (κ3) is 7.71. The van der Waals surface area contributed by atoms with E-state index < -0.39 is 5.97 Å². The molecule has 0 unspecified atom stereocenters. The summed E-state index contributed by atoms with van der Waals surface area (Å²) >= 11 is 0. The van der Waals surface area contributed by atoms with Crippen molar-refractivity contribution in [2.45, 2.75) is 58.8 Å². The summed E-state index contributed by atoms with van der Waals surface area (Å²) < 4.78 is 17.2. The highest BCUT2D eigenvalue weighted by Crippen LogP contribution is 2.23. The fraction of sp³-hybridized carbons (Fsp3) is 1.00. The second-order valence-electron chi connectivity index (χ2n) is 4.06. The number of aliphatic hydroxyl groups is 1. The van der Waals surface area contributed by atoms with Crippen molar-refractivity contribution in [3.05, 3.63) is 0 Å². The lowest BCUT2D eigenvalue weighted by atomic mass is 10.2. The Hall–Kier alpha value is -0.160. The molecule has 0 atom stereocenters. The van der Waals surface area contributed by atoms with E-state index in [1.807, 2.05) is 0 Å². The van der Waals surface area contributed by atoms with Gasteiger partial charge < -0.3 is 19.3 Å². The van der Waals surface area contributed by atoms with Gasteiger partial charge in [-0.15, -0.1) is 0 Å². The molecule has 0 rings (SSSR count). The van der Waals surface area contributed by atoms with Gasteiger partial charge in [0.25, 0.3) is 5.97 Å². The zero-order chi connectivity index (χ0) is 13.0. The number of hydrogen-bond acceptors (Lipinski definition) is 4. The van der Waals surface area contributed by atoms with Crippen LogP contribution in [0.5, 0.6) is 0 Å². The van der Waals surface area contributed by atoms with Gasteiger partial charge in [0, 0.05) is 13.0 Å². The van der Waals surface area contributed by atoms with Gasteiger partial charge in [0.1, 0.15) is 0 Å². The molecule has 0 spiro atoms. The lowest BCUT2D eigenvalue weighted by Gasteiger charge is -2.33. The van der Waals surface area contributed by atoms with Crippen LogP contribution in [-0.2, 0) is 14.2 Å². The summed E-state index contributed by atoms with van der Waals surface area (Å²) in [6, 6.07) is 0. The molecule has 0 heterocycles. The Labute approximate surface area is 105 Å². The van der Waals surface area contributed by atoms with Crippen molar-refractivity contribution in [3.8, 4) is 0 Å². The average molecular weight is 248 g/mol. The Balaban J connectivity index is 4.39. The Morgan fingerprint density at radius 1 is 0.824 bits per heavy atom. The molecule has 1 N–H and O–H groups in total.